The molecule has 3 rings (SSSR count). The molecule has 2 nitrogen and oxygen atoms in total. The highest BCUT2D eigenvalue weighted by Gasteiger charge is 2.42. The predicted octanol–water partition coefficient (Wildman–Crippen LogP) is 4.82. The van der Waals surface area contributed by atoms with Crippen LogP contribution in [0.2, 0.25) is 0 Å². The van der Waals surface area contributed by atoms with Gasteiger partial charge < -0.3 is 10.1 Å². The lowest BCUT2D eigenvalue weighted by Crippen LogP contribution is -2.32. The summed E-state index contributed by atoms with van der Waals surface area (Å²) in [4.78, 5) is 0. The summed E-state index contributed by atoms with van der Waals surface area (Å²) < 4.78 is 6.55. The number of hydrogen-bond donors (Lipinski definition) is 1. The van der Waals surface area contributed by atoms with E-state index in [0.717, 1.165) is 12.0 Å². The SMILES string of the molecule is CCCNC1CCCCC(CC2CCC3(CCCC3)O2)C1. The molecule has 0 bridgehead atoms. The molecule has 2 heteroatoms. The minimum Gasteiger partial charge on any atom is -0.372 e. The van der Waals surface area contributed by atoms with Crippen LogP contribution in [0.15, 0.2) is 0 Å². The van der Waals surface area contributed by atoms with Gasteiger partial charge in [-0.1, -0.05) is 39.0 Å². The number of rotatable bonds is 5. The molecule has 0 aromatic rings. The van der Waals surface area contributed by atoms with Crippen LogP contribution in [0.1, 0.15) is 90.4 Å². The van der Waals surface area contributed by atoms with Crippen molar-refractivity contribution in [3.8, 4) is 0 Å². The molecular formula is C19H35NO. The van der Waals surface area contributed by atoms with Gasteiger partial charge in [0.15, 0.2) is 0 Å². The van der Waals surface area contributed by atoms with Gasteiger partial charge in [-0.2, -0.15) is 0 Å². The molecule has 3 aliphatic rings. The molecule has 0 aromatic carbocycles. The molecule has 1 spiro atoms. The molecule has 0 amide bonds. The van der Waals surface area contributed by atoms with Gasteiger partial charge in [-0.25, -0.2) is 0 Å². The highest BCUT2D eigenvalue weighted by molar-refractivity contribution is 4.93. The Bertz CT molecular complexity index is 311. The number of hydrogen-bond acceptors (Lipinski definition) is 2. The first-order chi connectivity index (χ1) is 10.3. The second-order valence-corrected chi connectivity index (χ2v) is 7.94. The topological polar surface area (TPSA) is 21.3 Å². The Balaban J connectivity index is 1.47. The fraction of sp³-hybridized carbons (Fsp3) is 1.00. The Morgan fingerprint density at radius 1 is 1.00 bits per heavy atom. The smallest absolute Gasteiger partial charge is 0.0687 e. The molecule has 3 atom stereocenters. The quantitative estimate of drug-likeness (QED) is 0.734. The van der Waals surface area contributed by atoms with Crippen molar-refractivity contribution in [1.82, 2.24) is 5.32 Å². The summed E-state index contributed by atoms with van der Waals surface area (Å²) in [5.74, 6) is 0.906. The standard InChI is InChI=1S/C19H35NO/c1-2-13-20-17-8-4-3-7-16(14-17)15-18-9-12-19(21-18)10-5-6-11-19/h16-18,20H,2-15H2,1H3. The monoisotopic (exact) mass is 293 g/mol. The zero-order chi connectivity index (χ0) is 14.5. The summed E-state index contributed by atoms with van der Waals surface area (Å²) in [7, 11) is 0. The van der Waals surface area contributed by atoms with Crippen molar-refractivity contribution >= 4 is 0 Å². The summed E-state index contributed by atoms with van der Waals surface area (Å²) in [6.07, 6.45) is 18.4. The maximum absolute atomic E-state index is 6.55. The summed E-state index contributed by atoms with van der Waals surface area (Å²) >= 11 is 0. The fourth-order valence-corrected chi connectivity index (χ4v) is 5.03. The zero-order valence-electron chi connectivity index (χ0n) is 14.0. The lowest BCUT2D eigenvalue weighted by atomic mass is 9.90. The largest absolute Gasteiger partial charge is 0.372 e. The van der Waals surface area contributed by atoms with E-state index in [-0.39, 0.29) is 0 Å². The zero-order valence-corrected chi connectivity index (χ0v) is 14.0. The highest BCUT2D eigenvalue weighted by atomic mass is 16.5. The molecule has 122 valence electrons. The Hall–Kier alpha value is -0.0800. The van der Waals surface area contributed by atoms with E-state index in [1.165, 1.54) is 90.0 Å². The molecule has 3 fully saturated rings. The highest BCUT2D eigenvalue weighted by Crippen LogP contribution is 2.45. The van der Waals surface area contributed by atoms with Gasteiger partial charge in [0.1, 0.15) is 0 Å². The molecule has 0 aromatic heterocycles. The van der Waals surface area contributed by atoms with Crippen LogP contribution in [0.25, 0.3) is 0 Å². The molecule has 1 aliphatic heterocycles. The number of nitrogens with one attached hydrogen (secondary N) is 1. The Morgan fingerprint density at radius 3 is 2.62 bits per heavy atom. The normalized spacial score (nSPS) is 36.1. The minimum absolute atomic E-state index is 0.329. The molecule has 2 saturated carbocycles. The van der Waals surface area contributed by atoms with Crippen LogP contribution in [0.3, 0.4) is 0 Å². The molecule has 1 heterocycles. The first kappa shape index (κ1) is 15.8. The molecular weight excluding hydrogens is 258 g/mol. The van der Waals surface area contributed by atoms with Crippen LogP contribution in [0, 0.1) is 5.92 Å². The van der Waals surface area contributed by atoms with E-state index in [1.54, 1.807) is 0 Å². The van der Waals surface area contributed by atoms with Crippen molar-refractivity contribution in [3.63, 3.8) is 0 Å². The first-order valence-electron chi connectivity index (χ1n) is 9.71. The van der Waals surface area contributed by atoms with Crippen molar-refractivity contribution in [2.24, 2.45) is 5.92 Å². The lowest BCUT2D eigenvalue weighted by molar-refractivity contribution is -0.0450. The van der Waals surface area contributed by atoms with Crippen LogP contribution < -0.4 is 5.32 Å². The van der Waals surface area contributed by atoms with Gasteiger partial charge in [-0.3, -0.25) is 0 Å². The van der Waals surface area contributed by atoms with E-state index in [2.05, 4.69) is 12.2 Å². The third kappa shape index (κ3) is 4.22. The first-order valence-corrected chi connectivity index (χ1v) is 9.71. The third-order valence-corrected chi connectivity index (χ3v) is 6.17. The molecule has 1 saturated heterocycles. The van der Waals surface area contributed by atoms with Crippen molar-refractivity contribution in [3.05, 3.63) is 0 Å². The van der Waals surface area contributed by atoms with Gasteiger partial charge >= 0.3 is 0 Å². The van der Waals surface area contributed by atoms with Crippen LogP contribution >= 0.6 is 0 Å². The minimum atomic E-state index is 0.329. The van der Waals surface area contributed by atoms with Crippen molar-refractivity contribution < 1.29 is 4.74 Å². The summed E-state index contributed by atoms with van der Waals surface area (Å²) in [6.45, 7) is 3.47. The van der Waals surface area contributed by atoms with Gasteiger partial charge in [-0.05, 0) is 63.8 Å². The van der Waals surface area contributed by atoms with Crippen LogP contribution in [0.5, 0.6) is 0 Å². The van der Waals surface area contributed by atoms with Crippen molar-refractivity contribution in [2.75, 3.05) is 6.54 Å². The average Bonchev–Trinajstić information content (AvgIpc) is 3.04. The molecule has 2 aliphatic carbocycles. The van der Waals surface area contributed by atoms with Gasteiger partial charge in [0, 0.05) is 6.04 Å². The maximum atomic E-state index is 6.55. The van der Waals surface area contributed by atoms with E-state index < -0.39 is 0 Å². The van der Waals surface area contributed by atoms with Gasteiger partial charge in [0.05, 0.1) is 11.7 Å². The van der Waals surface area contributed by atoms with Crippen LogP contribution in [-0.2, 0) is 4.74 Å². The van der Waals surface area contributed by atoms with Crippen molar-refractivity contribution in [2.45, 2.75) is 108 Å². The second kappa shape index (κ2) is 7.46. The maximum Gasteiger partial charge on any atom is 0.0687 e. The van der Waals surface area contributed by atoms with E-state index in [0.29, 0.717) is 11.7 Å². The van der Waals surface area contributed by atoms with E-state index in [4.69, 9.17) is 4.74 Å². The molecule has 3 unspecified atom stereocenters. The third-order valence-electron chi connectivity index (χ3n) is 6.17. The van der Waals surface area contributed by atoms with Crippen molar-refractivity contribution in [1.29, 1.82) is 0 Å². The predicted molar refractivity (Wildman–Crippen MR) is 88.6 cm³/mol. The fourth-order valence-electron chi connectivity index (χ4n) is 5.03. The summed E-state index contributed by atoms with van der Waals surface area (Å²) in [5.41, 5.74) is 0.329. The van der Waals surface area contributed by atoms with Gasteiger partial charge in [-0.15, -0.1) is 0 Å². The van der Waals surface area contributed by atoms with E-state index >= 15 is 0 Å². The van der Waals surface area contributed by atoms with E-state index in [1.807, 2.05) is 0 Å². The van der Waals surface area contributed by atoms with Crippen LogP contribution in [0.4, 0.5) is 0 Å². The van der Waals surface area contributed by atoms with Crippen LogP contribution in [-0.4, -0.2) is 24.3 Å². The summed E-state index contributed by atoms with van der Waals surface area (Å²) in [5, 5.41) is 3.77. The van der Waals surface area contributed by atoms with Gasteiger partial charge in [0.25, 0.3) is 0 Å². The molecule has 0 radical (unpaired) electrons. The molecule has 21 heavy (non-hydrogen) atoms. The average molecular weight is 293 g/mol. The lowest BCUT2D eigenvalue weighted by Gasteiger charge is -2.27. The second-order valence-electron chi connectivity index (χ2n) is 7.94. The number of ether oxygens (including phenoxy) is 1. The molecule has 1 N–H and O–H groups in total. The Kier molecular flexibility index (Phi) is 5.61. The summed E-state index contributed by atoms with van der Waals surface area (Å²) in [6, 6.07) is 0.777. The van der Waals surface area contributed by atoms with E-state index in [9.17, 15) is 0 Å². The Labute approximate surface area is 131 Å². The Morgan fingerprint density at radius 2 is 1.81 bits per heavy atom. The van der Waals surface area contributed by atoms with Gasteiger partial charge in [0.2, 0.25) is 0 Å².